The molecular weight excluding hydrogens is 277 g/mol. The summed E-state index contributed by atoms with van der Waals surface area (Å²) in [6.07, 6.45) is 5.36. The number of ketones is 1. The van der Waals surface area contributed by atoms with Crippen LogP contribution >= 0.6 is 11.6 Å². The molecular formula is C16H19ClFNO. The first-order valence-corrected chi connectivity index (χ1v) is 7.69. The van der Waals surface area contributed by atoms with Gasteiger partial charge < -0.3 is 5.32 Å². The Balaban J connectivity index is 1.58. The zero-order valence-electron chi connectivity index (χ0n) is 11.4. The molecule has 1 aromatic rings. The molecule has 0 spiro atoms. The molecule has 1 aromatic carbocycles. The number of nitrogens with one attached hydrogen (secondary N) is 1. The minimum atomic E-state index is -0.340. The van der Waals surface area contributed by atoms with E-state index in [2.05, 4.69) is 5.32 Å². The van der Waals surface area contributed by atoms with Crippen LogP contribution in [0.2, 0.25) is 5.02 Å². The molecule has 108 valence electrons. The summed E-state index contributed by atoms with van der Waals surface area (Å²) < 4.78 is 13.6. The molecule has 2 nitrogen and oxygen atoms in total. The SMILES string of the molecule is O=C(Cc1cc(Cl)ccc1F)CC1CC2CCC(C1)N2. The molecule has 2 aliphatic rings. The molecule has 0 aromatic heterocycles. The highest BCUT2D eigenvalue weighted by molar-refractivity contribution is 6.30. The first kappa shape index (κ1) is 14.0. The maximum absolute atomic E-state index is 13.6. The smallest absolute Gasteiger partial charge is 0.137 e. The number of carbonyl (C=O) groups excluding carboxylic acids is 1. The second-order valence-electron chi connectivity index (χ2n) is 6.13. The Labute approximate surface area is 123 Å². The van der Waals surface area contributed by atoms with Gasteiger partial charge in [0.15, 0.2) is 0 Å². The zero-order valence-corrected chi connectivity index (χ0v) is 12.1. The largest absolute Gasteiger partial charge is 0.311 e. The summed E-state index contributed by atoms with van der Waals surface area (Å²) in [6, 6.07) is 5.58. The van der Waals surface area contributed by atoms with Gasteiger partial charge in [-0.05, 0) is 55.4 Å². The van der Waals surface area contributed by atoms with Crippen LogP contribution < -0.4 is 5.32 Å². The number of Topliss-reactive ketones (excluding diaryl/α,β-unsaturated/α-hetero) is 1. The molecule has 2 heterocycles. The lowest BCUT2D eigenvalue weighted by Crippen LogP contribution is -2.38. The lowest BCUT2D eigenvalue weighted by atomic mass is 9.87. The molecule has 4 heteroatoms. The summed E-state index contributed by atoms with van der Waals surface area (Å²) in [7, 11) is 0. The number of rotatable bonds is 4. The minimum Gasteiger partial charge on any atom is -0.311 e. The van der Waals surface area contributed by atoms with Crippen molar-refractivity contribution < 1.29 is 9.18 Å². The van der Waals surface area contributed by atoms with E-state index in [9.17, 15) is 9.18 Å². The molecule has 0 saturated carbocycles. The van der Waals surface area contributed by atoms with Crippen LogP contribution in [0.3, 0.4) is 0 Å². The molecule has 2 atom stereocenters. The number of hydrogen-bond donors (Lipinski definition) is 1. The second kappa shape index (κ2) is 5.82. The average molecular weight is 296 g/mol. The normalized spacial score (nSPS) is 28.6. The Hall–Kier alpha value is -0.930. The van der Waals surface area contributed by atoms with E-state index in [1.807, 2.05) is 0 Å². The number of hydrogen-bond acceptors (Lipinski definition) is 2. The summed E-state index contributed by atoms with van der Waals surface area (Å²) in [5.41, 5.74) is 0.416. The van der Waals surface area contributed by atoms with Crippen molar-refractivity contribution in [1.82, 2.24) is 5.32 Å². The van der Waals surface area contributed by atoms with Crippen LogP contribution in [-0.2, 0) is 11.2 Å². The third kappa shape index (κ3) is 3.21. The third-order valence-electron chi connectivity index (χ3n) is 4.48. The van der Waals surface area contributed by atoms with Crippen molar-refractivity contribution in [2.75, 3.05) is 0 Å². The van der Waals surface area contributed by atoms with Gasteiger partial charge in [-0.2, -0.15) is 0 Å². The second-order valence-corrected chi connectivity index (χ2v) is 6.57. The molecule has 20 heavy (non-hydrogen) atoms. The highest BCUT2D eigenvalue weighted by Crippen LogP contribution is 2.33. The fourth-order valence-electron chi connectivity index (χ4n) is 3.63. The van der Waals surface area contributed by atoms with E-state index in [1.165, 1.54) is 25.0 Å². The molecule has 0 aliphatic carbocycles. The van der Waals surface area contributed by atoms with E-state index >= 15 is 0 Å². The maximum atomic E-state index is 13.6. The maximum Gasteiger partial charge on any atom is 0.137 e. The molecule has 0 amide bonds. The Morgan fingerprint density at radius 1 is 1.30 bits per heavy atom. The van der Waals surface area contributed by atoms with Gasteiger partial charge in [0.25, 0.3) is 0 Å². The quantitative estimate of drug-likeness (QED) is 0.921. The predicted octanol–water partition coefficient (Wildman–Crippen LogP) is 3.51. The lowest BCUT2D eigenvalue weighted by molar-refractivity contribution is -0.119. The first-order valence-electron chi connectivity index (χ1n) is 7.32. The topological polar surface area (TPSA) is 29.1 Å². The molecule has 2 bridgehead atoms. The highest BCUT2D eigenvalue weighted by Gasteiger charge is 2.34. The van der Waals surface area contributed by atoms with Crippen LogP contribution in [0.1, 0.15) is 37.7 Å². The number of piperidine rings is 1. The van der Waals surface area contributed by atoms with Gasteiger partial charge in [0, 0.05) is 29.9 Å². The average Bonchev–Trinajstić information content (AvgIpc) is 2.73. The van der Waals surface area contributed by atoms with E-state index < -0.39 is 0 Å². The molecule has 2 saturated heterocycles. The van der Waals surface area contributed by atoms with Gasteiger partial charge in [0.1, 0.15) is 11.6 Å². The van der Waals surface area contributed by atoms with Crippen molar-refractivity contribution in [2.24, 2.45) is 5.92 Å². The zero-order chi connectivity index (χ0) is 14.1. The fraction of sp³-hybridized carbons (Fsp3) is 0.562. The lowest BCUT2D eigenvalue weighted by Gasteiger charge is -2.28. The van der Waals surface area contributed by atoms with Crippen molar-refractivity contribution in [1.29, 1.82) is 0 Å². The van der Waals surface area contributed by atoms with Crippen LogP contribution in [0.15, 0.2) is 18.2 Å². The number of halogens is 2. The van der Waals surface area contributed by atoms with Crippen molar-refractivity contribution in [3.63, 3.8) is 0 Å². The summed E-state index contributed by atoms with van der Waals surface area (Å²) in [4.78, 5) is 12.1. The number of benzene rings is 1. The van der Waals surface area contributed by atoms with Crippen LogP contribution in [0.25, 0.3) is 0 Å². The van der Waals surface area contributed by atoms with Crippen molar-refractivity contribution in [3.05, 3.63) is 34.6 Å². The molecule has 3 rings (SSSR count). The van der Waals surface area contributed by atoms with Crippen LogP contribution in [0.5, 0.6) is 0 Å². The Kier molecular flexibility index (Phi) is 4.08. The van der Waals surface area contributed by atoms with Gasteiger partial charge in [-0.25, -0.2) is 4.39 Å². The fourth-order valence-corrected chi connectivity index (χ4v) is 3.82. The van der Waals surface area contributed by atoms with E-state index in [0.29, 0.717) is 35.0 Å². The molecule has 2 aliphatic heterocycles. The van der Waals surface area contributed by atoms with Crippen LogP contribution in [0, 0.1) is 11.7 Å². The third-order valence-corrected chi connectivity index (χ3v) is 4.72. The summed E-state index contributed by atoms with van der Waals surface area (Å²) >= 11 is 5.85. The molecule has 0 radical (unpaired) electrons. The van der Waals surface area contributed by atoms with Crippen molar-refractivity contribution >= 4 is 17.4 Å². The molecule has 1 N–H and O–H groups in total. The van der Waals surface area contributed by atoms with Gasteiger partial charge in [-0.15, -0.1) is 0 Å². The molecule has 2 fully saturated rings. The minimum absolute atomic E-state index is 0.123. The van der Waals surface area contributed by atoms with E-state index in [4.69, 9.17) is 11.6 Å². The van der Waals surface area contributed by atoms with Gasteiger partial charge >= 0.3 is 0 Å². The monoisotopic (exact) mass is 295 g/mol. The standard InChI is InChI=1S/C16H19ClFNO/c17-12-1-4-16(18)11(8-12)9-15(20)7-10-5-13-2-3-14(6-10)19-13/h1,4,8,10,13-14,19H,2-3,5-7,9H2. The van der Waals surface area contributed by atoms with Gasteiger partial charge in [-0.3, -0.25) is 4.79 Å². The van der Waals surface area contributed by atoms with Crippen LogP contribution in [-0.4, -0.2) is 17.9 Å². The van der Waals surface area contributed by atoms with Gasteiger partial charge in [-0.1, -0.05) is 11.6 Å². The van der Waals surface area contributed by atoms with Crippen molar-refractivity contribution in [2.45, 2.75) is 50.6 Å². The van der Waals surface area contributed by atoms with Gasteiger partial charge in [0.2, 0.25) is 0 Å². The van der Waals surface area contributed by atoms with Gasteiger partial charge in [0.05, 0.1) is 0 Å². The summed E-state index contributed by atoms with van der Waals surface area (Å²) in [5, 5.41) is 4.05. The number of fused-ring (bicyclic) bond motifs is 2. The van der Waals surface area contributed by atoms with E-state index in [-0.39, 0.29) is 18.0 Å². The first-order chi connectivity index (χ1) is 9.60. The van der Waals surface area contributed by atoms with E-state index in [0.717, 1.165) is 12.8 Å². The Bertz CT molecular complexity index is 507. The summed E-state index contributed by atoms with van der Waals surface area (Å²) in [6.45, 7) is 0. The Morgan fingerprint density at radius 3 is 2.70 bits per heavy atom. The number of carbonyl (C=O) groups is 1. The van der Waals surface area contributed by atoms with Crippen molar-refractivity contribution in [3.8, 4) is 0 Å². The highest BCUT2D eigenvalue weighted by atomic mass is 35.5. The van der Waals surface area contributed by atoms with Crippen LogP contribution in [0.4, 0.5) is 4.39 Å². The van der Waals surface area contributed by atoms with E-state index in [1.54, 1.807) is 6.07 Å². The Morgan fingerprint density at radius 2 is 2.00 bits per heavy atom. The molecule has 2 unspecified atom stereocenters. The predicted molar refractivity (Wildman–Crippen MR) is 77.4 cm³/mol. The summed E-state index contributed by atoms with van der Waals surface area (Å²) in [5.74, 6) is 0.245.